The van der Waals surface area contributed by atoms with Gasteiger partial charge in [-0.05, 0) is 47.6 Å². The van der Waals surface area contributed by atoms with Crippen LogP contribution in [0.5, 0.6) is 5.75 Å². The number of rotatable bonds is 4. The van der Waals surface area contributed by atoms with Gasteiger partial charge >= 0.3 is 0 Å². The second-order valence-corrected chi connectivity index (χ2v) is 10.4. The number of aryl methyl sites for hydroxylation is 1. The highest BCUT2D eigenvalue weighted by molar-refractivity contribution is 6.45. The molecule has 3 aromatic heterocycles. The van der Waals surface area contributed by atoms with Crippen LogP contribution in [0.25, 0.3) is 34.4 Å². The summed E-state index contributed by atoms with van der Waals surface area (Å²) in [6.07, 6.45) is 10.3. The van der Waals surface area contributed by atoms with Crippen molar-refractivity contribution in [3.8, 4) is 11.6 Å². The summed E-state index contributed by atoms with van der Waals surface area (Å²) in [4.78, 5) is 40.6. The van der Waals surface area contributed by atoms with E-state index in [9.17, 15) is 9.59 Å². The molecule has 1 N–H and O–H groups in total. The maximum absolute atomic E-state index is 13.7. The molecule has 0 saturated carbocycles. The van der Waals surface area contributed by atoms with Crippen LogP contribution >= 0.6 is 0 Å². The smallest absolute Gasteiger partial charge is 0.295 e. The molecule has 0 radical (unpaired) electrons. The number of likely N-dealkylation sites (tertiary alicyclic amines) is 1. The number of H-pyrrole nitrogens is 1. The van der Waals surface area contributed by atoms with Crippen molar-refractivity contribution >= 4 is 40.3 Å². The number of ketones is 1. The lowest BCUT2D eigenvalue weighted by Crippen LogP contribution is -2.40. The van der Waals surface area contributed by atoms with E-state index in [0.29, 0.717) is 54.2 Å². The topological polar surface area (TPSA) is 106 Å². The van der Waals surface area contributed by atoms with Gasteiger partial charge in [0.15, 0.2) is 5.82 Å². The second-order valence-electron chi connectivity index (χ2n) is 10.4. The fourth-order valence-corrected chi connectivity index (χ4v) is 5.99. The first-order chi connectivity index (χ1) is 20.5. The molecular formula is C33H28N6O3. The van der Waals surface area contributed by atoms with Crippen LogP contribution in [0.1, 0.15) is 51.3 Å². The number of amides is 1. The van der Waals surface area contributed by atoms with Crippen LogP contribution < -0.4 is 4.74 Å². The third-order valence-electron chi connectivity index (χ3n) is 8.05. The van der Waals surface area contributed by atoms with Crippen LogP contribution in [0.2, 0.25) is 0 Å². The van der Waals surface area contributed by atoms with Gasteiger partial charge in [0.25, 0.3) is 11.7 Å². The number of Topliss-reactive ketones (excluding diaryl/α,β-unsaturated/α-hetero) is 1. The number of carbonyl (C=O) groups is 2. The zero-order chi connectivity index (χ0) is 28.8. The van der Waals surface area contributed by atoms with E-state index >= 15 is 0 Å². The summed E-state index contributed by atoms with van der Waals surface area (Å²) in [5.41, 5.74) is 8.05. The molecule has 1 aliphatic heterocycles. The highest BCUT2D eigenvalue weighted by Gasteiger charge is 2.31. The third kappa shape index (κ3) is 4.21. The SMILES string of the molecule is COc1cnc(-n2cnc(C)n2)c2[nH]cc(C(=O)C(=O)N3CCC(=C4c5ccccc5C=Cc5ccccc54)CC3)c12. The summed E-state index contributed by atoms with van der Waals surface area (Å²) in [7, 11) is 1.51. The number of aromatic amines is 1. The highest BCUT2D eigenvalue weighted by atomic mass is 16.5. The zero-order valence-corrected chi connectivity index (χ0v) is 23.3. The number of benzene rings is 2. The lowest BCUT2D eigenvalue weighted by Gasteiger charge is -2.30. The Bertz CT molecular complexity index is 1880. The standard InChI is InChI=1S/C33H28N6O3/c1-20-36-19-39(37-20)32-30-29(27(42-2)18-35-32)26(17-34-30)31(40)33(41)38-15-13-23(14-16-38)28-24-9-5-3-7-21(24)11-12-22-8-4-6-10-25(22)28/h3-12,17-19,34H,13-16H2,1-2H3. The van der Waals surface area contributed by atoms with Crippen molar-refractivity contribution in [2.24, 2.45) is 0 Å². The van der Waals surface area contributed by atoms with Gasteiger partial charge in [0.05, 0.1) is 29.8 Å². The predicted octanol–water partition coefficient (Wildman–Crippen LogP) is 5.25. The predicted molar refractivity (Wildman–Crippen MR) is 160 cm³/mol. The highest BCUT2D eigenvalue weighted by Crippen LogP contribution is 2.39. The molecular weight excluding hydrogens is 528 g/mol. The Balaban J connectivity index is 1.19. The van der Waals surface area contributed by atoms with E-state index in [1.54, 1.807) is 24.3 Å². The number of methoxy groups -OCH3 is 1. The first-order valence-corrected chi connectivity index (χ1v) is 13.9. The first-order valence-electron chi connectivity index (χ1n) is 13.9. The van der Waals surface area contributed by atoms with Gasteiger partial charge < -0.3 is 14.6 Å². The van der Waals surface area contributed by atoms with Crippen LogP contribution in [0, 0.1) is 6.92 Å². The summed E-state index contributed by atoms with van der Waals surface area (Å²) in [6, 6.07) is 16.8. The maximum atomic E-state index is 13.7. The molecule has 5 aromatic rings. The zero-order valence-electron chi connectivity index (χ0n) is 23.3. The Kier molecular flexibility index (Phi) is 6.27. The second kappa shape index (κ2) is 10.3. The molecule has 1 amide bonds. The third-order valence-corrected chi connectivity index (χ3v) is 8.05. The van der Waals surface area contributed by atoms with E-state index in [1.807, 2.05) is 0 Å². The van der Waals surface area contributed by atoms with Gasteiger partial charge in [0.1, 0.15) is 17.9 Å². The average molecular weight is 557 g/mol. The van der Waals surface area contributed by atoms with Crippen molar-refractivity contribution in [1.29, 1.82) is 0 Å². The van der Waals surface area contributed by atoms with E-state index in [0.717, 1.165) is 0 Å². The molecule has 0 spiro atoms. The largest absolute Gasteiger partial charge is 0.494 e. The van der Waals surface area contributed by atoms with Gasteiger partial charge in [-0.15, -0.1) is 0 Å². The normalized spacial score (nSPS) is 14.5. The molecule has 42 heavy (non-hydrogen) atoms. The minimum absolute atomic E-state index is 0.245. The van der Waals surface area contributed by atoms with Crippen molar-refractivity contribution < 1.29 is 14.3 Å². The van der Waals surface area contributed by atoms with E-state index in [1.165, 1.54) is 51.4 Å². The Labute approximate surface area is 242 Å². The number of pyridine rings is 1. The van der Waals surface area contributed by atoms with Gasteiger partial charge in [-0.1, -0.05) is 66.3 Å². The molecule has 7 rings (SSSR count). The van der Waals surface area contributed by atoms with Crippen molar-refractivity contribution in [2.45, 2.75) is 19.8 Å². The number of ether oxygens (including phenoxy) is 1. The molecule has 2 aromatic carbocycles. The first kappa shape index (κ1) is 25.6. The van der Waals surface area contributed by atoms with Gasteiger partial charge in [-0.25, -0.2) is 14.6 Å². The minimum Gasteiger partial charge on any atom is -0.494 e. The lowest BCUT2D eigenvalue weighted by atomic mass is 9.86. The van der Waals surface area contributed by atoms with Crippen molar-refractivity contribution in [3.05, 3.63) is 106 Å². The molecule has 1 saturated heterocycles. The van der Waals surface area contributed by atoms with Crippen LogP contribution in [0.4, 0.5) is 0 Å². The van der Waals surface area contributed by atoms with Crippen LogP contribution in [0.3, 0.4) is 0 Å². The van der Waals surface area contributed by atoms with E-state index in [4.69, 9.17) is 4.74 Å². The number of hydrogen-bond donors (Lipinski definition) is 1. The quantitative estimate of drug-likeness (QED) is 0.235. The summed E-state index contributed by atoms with van der Waals surface area (Å²) >= 11 is 0. The summed E-state index contributed by atoms with van der Waals surface area (Å²) in [5.74, 6) is 0.334. The number of carbonyl (C=O) groups excluding carboxylic acids is 2. The van der Waals surface area contributed by atoms with Gasteiger partial charge in [-0.3, -0.25) is 9.59 Å². The van der Waals surface area contributed by atoms with E-state index in [-0.39, 0.29) is 5.56 Å². The van der Waals surface area contributed by atoms with Crippen molar-refractivity contribution in [1.82, 2.24) is 29.6 Å². The summed E-state index contributed by atoms with van der Waals surface area (Å²) in [5, 5.41) is 4.84. The van der Waals surface area contributed by atoms with E-state index in [2.05, 4.69) is 80.7 Å². The summed E-state index contributed by atoms with van der Waals surface area (Å²) in [6.45, 7) is 2.71. The molecule has 9 nitrogen and oxygen atoms in total. The Morgan fingerprint density at radius 2 is 1.60 bits per heavy atom. The fourth-order valence-electron chi connectivity index (χ4n) is 5.99. The number of nitrogens with one attached hydrogen (secondary N) is 1. The van der Waals surface area contributed by atoms with Gasteiger partial charge in [-0.2, -0.15) is 5.10 Å². The molecule has 2 aliphatic rings. The molecule has 0 bridgehead atoms. The molecule has 208 valence electrons. The van der Waals surface area contributed by atoms with Crippen LogP contribution in [-0.4, -0.2) is 61.5 Å². The van der Waals surface area contributed by atoms with Crippen LogP contribution in [-0.2, 0) is 4.79 Å². The summed E-state index contributed by atoms with van der Waals surface area (Å²) < 4.78 is 7.06. The molecule has 0 unspecified atom stereocenters. The van der Waals surface area contributed by atoms with Crippen molar-refractivity contribution in [2.75, 3.05) is 20.2 Å². The van der Waals surface area contributed by atoms with Crippen molar-refractivity contribution in [3.63, 3.8) is 0 Å². The molecule has 1 aliphatic carbocycles. The average Bonchev–Trinajstić information content (AvgIpc) is 3.63. The number of fused-ring (bicyclic) bond motifs is 3. The van der Waals surface area contributed by atoms with E-state index < -0.39 is 11.7 Å². The lowest BCUT2D eigenvalue weighted by molar-refractivity contribution is -0.126. The Hall–Kier alpha value is -5.31. The minimum atomic E-state index is -0.586. The number of piperidine rings is 1. The van der Waals surface area contributed by atoms with Gasteiger partial charge in [0.2, 0.25) is 0 Å². The Morgan fingerprint density at radius 1 is 0.929 bits per heavy atom. The number of aromatic nitrogens is 5. The molecule has 4 heterocycles. The fraction of sp³-hybridized carbons (Fsp3) is 0.182. The molecule has 0 atom stereocenters. The monoisotopic (exact) mass is 556 g/mol. The van der Waals surface area contributed by atoms with Gasteiger partial charge in [0, 0.05) is 19.3 Å². The maximum Gasteiger partial charge on any atom is 0.295 e. The Morgan fingerprint density at radius 3 is 2.21 bits per heavy atom. The molecule has 9 heteroatoms. The number of nitrogens with zero attached hydrogens (tertiary/aromatic N) is 5. The number of hydrogen-bond acceptors (Lipinski definition) is 6. The molecule has 1 fully saturated rings. The van der Waals surface area contributed by atoms with Crippen LogP contribution in [0.15, 0.2) is 72.8 Å².